The van der Waals surface area contributed by atoms with Crippen molar-refractivity contribution in [3.05, 3.63) is 94.2 Å². The van der Waals surface area contributed by atoms with Crippen molar-refractivity contribution >= 4 is 19.9 Å². The summed E-state index contributed by atoms with van der Waals surface area (Å²) in [5, 5.41) is 7.03. The first-order valence-corrected chi connectivity index (χ1v) is 17.4. The number of carbonyl (C=O) groups is 1. The Morgan fingerprint density at radius 3 is 2.50 bits per heavy atom. The molecule has 3 aromatic rings. The smallest absolute Gasteiger partial charge is 0.254 e. The van der Waals surface area contributed by atoms with E-state index in [4.69, 9.17) is 4.43 Å². The molecule has 8 heteroatoms. The minimum atomic E-state index is -1.96. The van der Waals surface area contributed by atoms with Gasteiger partial charge in [-0.05, 0) is 67.1 Å². The van der Waals surface area contributed by atoms with Gasteiger partial charge in [0.05, 0.1) is 6.10 Å². The summed E-state index contributed by atoms with van der Waals surface area (Å²) < 4.78 is 8.52. The number of aryl methyl sites for hydroxylation is 1. The van der Waals surface area contributed by atoms with E-state index >= 15 is 0 Å². The highest BCUT2D eigenvalue weighted by atomic mass is 28.4. The van der Waals surface area contributed by atoms with Crippen LogP contribution < -0.4 is 16.2 Å². The van der Waals surface area contributed by atoms with Crippen LogP contribution in [0.2, 0.25) is 18.1 Å². The SMILES string of the molecule is CC(C)(C)[Si](C)(C)O[C@H](c1ccccc1)[C@H]1CC[C@@H](Cc2ccc(NC(=O)[C@@H]3CCc4nccc(=O)n43)cc2)N1. The molecular formula is C32H42N4O3Si. The van der Waals surface area contributed by atoms with E-state index in [-0.39, 0.29) is 28.7 Å². The molecule has 2 aliphatic heterocycles. The predicted molar refractivity (Wildman–Crippen MR) is 162 cm³/mol. The van der Waals surface area contributed by atoms with Crippen LogP contribution in [0.25, 0.3) is 0 Å². The van der Waals surface area contributed by atoms with Gasteiger partial charge in [0.15, 0.2) is 8.32 Å². The molecule has 40 heavy (non-hydrogen) atoms. The number of amides is 1. The number of anilines is 1. The lowest BCUT2D eigenvalue weighted by molar-refractivity contribution is -0.119. The summed E-state index contributed by atoms with van der Waals surface area (Å²) >= 11 is 0. The largest absolute Gasteiger partial charge is 0.408 e. The zero-order chi connectivity index (χ0) is 28.5. The average molecular weight is 559 g/mol. The van der Waals surface area contributed by atoms with Gasteiger partial charge in [-0.25, -0.2) is 4.98 Å². The van der Waals surface area contributed by atoms with E-state index in [9.17, 15) is 9.59 Å². The highest BCUT2D eigenvalue weighted by molar-refractivity contribution is 6.74. The van der Waals surface area contributed by atoms with Gasteiger partial charge in [-0.2, -0.15) is 0 Å². The quantitative estimate of drug-likeness (QED) is 0.342. The zero-order valence-electron chi connectivity index (χ0n) is 24.3. The highest BCUT2D eigenvalue weighted by Gasteiger charge is 2.42. The van der Waals surface area contributed by atoms with Crippen molar-refractivity contribution in [1.29, 1.82) is 0 Å². The summed E-state index contributed by atoms with van der Waals surface area (Å²) in [4.78, 5) is 29.5. The van der Waals surface area contributed by atoms with Gasteiger partial charge in [-0.1, -0.05) is 63.2 Å². The van der Waals surface area contributed by atoms with E-state index in [2.05, 4.69) is 91.9 Å². The summed E-state index contributed by atoms with van der Waals surface area (Å²) in [5.74, 6) is 0.505. The van der Waals surface area contributed by atoms with Crippen molar-refractivity contribution < 1.29 is 9.22 Å². The first kappa shape index (κ1) is 28.5. The Kier molecular flexibility index (Phi) is 8.13. The highest BCUT2D eigenvalue weighted by Crippen LogP contribution is 2.42. The molecule has 0 saturated carbocycles. The molecule has 7 nitrogen and oxygen atoms in total. The first-order valence-electron chi connectivity index (χ1n) is 14.5. The molecule has 0 unspecified atom stereocenters. The number of nitrogens with one attached hydrogen (secondary N) is 2. The molecule has 3 heterocycles. The molecule has 1 saturated heterocycles. The number of hydrogen-bond donors (Lipinski definition) is 2. The van der Waals surface area contributed by atoms with Crippen LogP contribution >= 0.6 is 0 Å². The van der Waals surface area contributed by atoms with E-state index < -0.39 is 14.4 Å². The number of fused-ring (bicyclic) bond motifs is 1. The van der Waals surface area contributed by atoms with Gasteiger partial charge in [0.25, 0.3) is 5.56 Å². The fraction of sp³-hybridized carbons (Fsp3) is 0.469. The van der Waals surface area contributed by atoms with Gasteiger partial charge in [0.1, 0.15) is 11.9 Å². The minimum Gasteiger partial charge on any atom is -0.408 e. The molecule has 0 spiro atoms. The van der Waals surface area contributed by atoms with Gasteiger partial charge >= 0.3 is 0 Å². The van der Waals surface area contributed by atoms with Crippen LogP contribution in [0.5, 0.6) is 0 Å². The van der Waals surface area contributed by atoms with E-state index in [0.29, 0.717) is 24.7 Å². The van der Waals surface area contributed by atoms with Crippen molar-refractivity contribution in [2.24, 2.45) is 0 Å². The fourth-order valence-corrected chi connectivity index (χ4v) is 6.91. The van der Waals surface area contributed by atoms with E-state index in [1.54, 1.807) is 0 Å². The molecule has 212 valence electrons. The monoisotopic (exact) mass is 558 g/mol. The van der Waals surface area contributed by atoms with Crippen LogP contribution in [-0.4, -0.2) is 35.9 Å². The van der Waals surface area contributed by atoms with E-state index in [1.165, 1.54) is 28.0 Å². The first-order chi connectivity index (χ1) is 19.0. The number of rotatable bonds is 8. The van der Waals surface area contributed by atoms with Crippen molar-refractivity contribution in [2.75, 3.05) is 5.32 Å². The van der Waals surface area contributed by atoms with Gasteiger partial charge in [0, 0.05) is 36.5 Å². The van der Waals surface area contributed by atoms with E-state index in [1.807, 2.05) is 12.1 Å². The molecule has 5 rings (SSSR count). The normalized spacial score (nSPS) is 21.7. The Labute approximate surface area is 238 Å². The molecule has 2 aliphatic rings. The summed E-state index contributed by atoms with van der Waals surface area (Å²) in [5.41, 5.74) is 3.03. The average Bonchev–Trinajstić information content (AvgIpc) is 3.56. The van der Waals surface area contributed by atoms with Crippen LogP contribution in [0.1, 0.15) is 69.1 Å². The second-order valence-corrected chi connectivity index (χ2v) is 17.5. The Bertz CT molecular complexity index is 1380. The maximum absolute atomic E-state index is 13.0. The van der Waals surface area contributed by atoms with Crippen molar-refractivity contribution in [3.63, 3.8) is 0 Å². The van der Waals surface area contributed by atoms with Gasteiger partial charge in [0.2, 0.25) is 5.91 Å². The van der Waals surface area contributed by atoms with Crippen molar-refractivity contribution in [3.8, 4) is 0 Å². The third-order valence-electron chi connectivity index (χ3n) is 8.91. The van der Waals surface area contributed by atoms with E-state index in [0.717, 1.165) is 24.9 Å². The third kappa shape index (κ3) is 6.14. The Hall–Kier alpha value is -3.07. The molecule has 1 aromatic heterocycles. The maximum Gasteiger partial charge on any atom is 0.254 e. The summed E-state index contributed by atoms with van der Waals surface area (Å²) in [6, 6.07) is 20.3. The van der Waals surface area contributed by atoms with Crippen LogP contribution in [0, 0.1) is 0 Å². The predicted octanol–water partition coefficient (Wildman–Crippen LogP) is 5.80. The number of benzene rings is 2. The Balaban J connectivity index is 1.21. The molecule has 0 bridgehead atoms. The summed E-state index contributed by atoms with van der Waals surface area (Å²) in [7, 11) is -1.96. The second kappa shape index (κ2) is 11.4. The van der Waals surface area contributed by atoms with Gasteiger partial charge in [-0.3, -0.25) is 14.2 Å². The maximum atomic E-state index is 13.0. The van der Waals surface area contributed by atoms with Gasteiger partial charge in [-0.15, -0.1) is 0 Å². The minimum absolute atomic E-state index is 0.0353. The molecule has 2 N–H and O–H groups in total. The Morgan fingerprint density at radius 2 is 1.80 bits per heavy atom. The number of nitrogens with zero attached hydrogens (tertiary/aromatic N) is 2. The second-order valence-electron chi connectivity index (χ2n) is 12.8. The van der Waals surface area contributed by atoms with Crippen LogP contribution in [0.3, 0.4) is 0 Å². The molecule has 0 aliphatic carbocycles. The molecule has 4 atom stereocenters. The van der Waals surface area contributed by atoms with Gasteiger partial charge < -0.3 is 15.1 Å². The van der Waals surface area contributed by atoms with Crippen LogP contribution in [-0.2, 0) is 22.1 Å². The summed E-state index contributed by atoms with van der Waals surface area (Å²) in [6.45, 7) is 11.5. The standard InChI is InChI=1S/C32H42N4O3Si/c1-32(2,3)40(4,5)39-30(23-9-7-6-8-10-23)26-16-15-25(34-26)21-22-11-13-24(14-12-22)35-31(38)27-17-18-28-33-20-19-29(37)36(27)28/h6-14,19-20,25-27,30,34H,15-18,21H2,1-5H3,(H,35,38)/t25-,26+,27-,30+/m0/s1. The number of hydrogen-bond acceptors (Lipinski definition) is 5. The van der Waals surface area contributed by atoms with Crippen molar-refractivity contribution in [2.45, 2.75) is 95.2 Å². The van der Waals surface area contributed by atoms with Crippen LogP contribution in [0.15, 0.2) is 71.7 Å². The third-order valence-corrected chi connectivity index (χ3v) is 13.4. The molecular weight excluding hydrogens is 516 g/mol. The zero-order valence-corrected chi connectivity index (χ0v) is 25.3. The Morgan fingerprint density at radius 1 is 1.07 bits per heavy atom. The topological polar surface area (TPSA) is 85.2 Å². The number of aromatic nitrogens is 2. The lowest BCUT2D eigenvalue weighted by Gasteiger charge is -2.41. The fourth-order valence-electron chi connectivity index (χ4n) is 5.62. The summed E-state index contributed by atoms with van der Waals surface area (Å²) in [6.07, 6.45) is 5.86. The lowest BCUT2D eigenvalue weighted by atomic mass is 10.0. The molecule has 0 radical (unpaired) electrons. The molecule has 2 aromatic carbocycles. The molecule has 1 amide bonds. The molecule has 1 fully saturated rings. The van der Waals surface area contributed by atoms with Crippen LogP contribution in [0.4, 0.5) is 5.69 Å². The number of carbonyl (C=O) groups excluding carboxylic acids is 1. The lowest BCUT2D eigenvalue weighted by Crippen LogP contribution is -2.46. The van der Waals surface area contributed by atoms with Crippen molar-refractivity contribution in [1.82, 2.24) is 14.9 Å².